The van der Waals surface area contributed by atoms with E-state index >= 15 is 0 Å². The lowest BCUT2D eigenvalue weighted by molar-refractivity contribution is 0.399. The summed E-state index contributed by atoms with van der Waals surface area (Å²) in [5, 5.41) is 4.41. The Balaban J connectivity index is 2.47. The molecule has 1 atom stereocenters. The standard InChI is InChI=1S/C15H17Cl2N3O/c1-3-6-18-15(13-11(17)8-10(16)9-20-13)14-12(21-2)5-4-7-19-14/h4-5,7-9,15,18H,3,6H2,1-2H3. The normalized spacial score (nSPS) is 12.2. The second-order valence-electron chi connectivity index (χ2n) is 4.50. The van der Waals surface area contributed by atoms with E-state index in [1.807, 2.05) is 12.1 Å². The SMILES string of the molecule is CCCNC(c1ncc(Cl)cc1Cl)c1ncccc1OC. The molecular weight excluding hydrogens is 309 g/mol. The smallest absolute Gasteiger partial charge is 0.142 e. The van der Waals surface area contributed by atoms with Gasteiger partial charge in [-0.3, -0.25) is 9.97 Å². The molecule has 1 N–H and O–H groups in total. The van der Waals surface area contributed by atoms with Gasteiger partial charge >= 0.3 is 0 Å². The van der Waals surface area contributed by atoms with Crippen LogP contribution in [0.1, 0.15) is 30.8 Å². The first-order valence-corrected chi connectivity index (χ1v) is 7.46. The number of hydrogen-bond donors (Lipinski definition) is 1. The second-order valence-corrected chi connectivity index (χ2v) is 5.34. The van der Waals surface area contributed by atoms with Gasteiger partial charge in [0, 0.05) is 12.4 Å². The Morgan fingerprint density at radius 3 is 2.76 bits per heavy atom. The molecule has 0 radical (unpaired) electrons. The van der Waals surface area contributed by atoms with Gasteiger partial charge in [-0.25, -0.2) is 0 Å². The van der Waals surface area contributed by atoms with E-state index in [1.54, 1.807) is 25.6 Å². The Morgan fingerprint density at radius 2 is 2.10 bits per heavy atom. The van der Waals surface area contributed by atoms with E-state index in [9.17, 15) is 0 Å². The van der Waals surface area contributed by atoms with Crippen molar-refractivity contribution >= 4 is 23.2 Å². The Kier molecular flexibility index (Phi) is 5.79. The van der Waals surface area contributed by atoms with Crippen LogP contribution >= 0.6 is 23.2 Å². The predicted octanol–water partition coefficient (Wildman–Crippen LogP) is 3.88. The van der Waals surface area contributed by atoms with Crippen LogP contribution in [0.15, 0.2) is 30.6 Å². The van der Waals surface area contributed by atoms with E-state index in [2.05, 4.69) is 22.2 Å². The van der Waals surface area contributed by atoms with E-state index in [-0.39, 0.29) is 6.04 Å². The molecule has 2 heterocycles. The van der Waals surface area contributed by atoms with Gasteiger partial charge < -0.3 is 10.1 Å². The van der Waals surface area contributed by atoms with Gasteiger partial charge in [0.2, 0.25) is 0 Å². The minimum absolute atomic E-state index is 0.245. The molecule has 6 heteroatoms. The number of rotatable bonds is 6. The Bertz CT molecular complexity index is 607. The van der Waals surface area contributed by atoms with E-state index in [4.69, 9.17) is 27.9 Å². The number of halogens is 2. The molecule has 0 fully saturated rings. The summed E-state index contributed by atoms with van der Waals surface area (Å²) in [4.78, 5) is 8.78. The molecular formula is C15H17Cl2N3O. The molecule has 21 heavy (non-hydrogen) atoms. The molecule has 0 aliphatic heterocycles. The Hall–Kier alpha value is -1.36. The molecule has 2 rings (SSSR count). The van der Waals surface area contributed by atoms with Crippen LogP contribution in [0.4, 0.5) is 0 Å². The van der Waals surface area contributed by atoms with Gasteiger partial charge in [0.25, 0.3) is 0 Å². The first-order valence-electron chi connectivity index (χ1n) is 6.70. The summed E-state index contributed by atoms with van der Waals surface area (Å²) in [5.41, 5.74) is 1.44. The first kappa shape index (κ1) is 16.0. The fourth-order valence-electron chi connectivity index (χ4n) is 2.04. The largest absolute Gasteiger partial charge is 0.495 e. The number of ether oxygens (including phenoxy) is 1. The lowest BCUT2D eigenvalue weighted by Gasteiger charge is -2.20. The third-order valence-corrected chi connectivity index (χ3v) is 3.51. The molecule has 0 aliphatic rings. The Labute approximate surface area is 134 Å². The number of aromatic nitrogens is 2. The fraction of sp³-hybridized carbons (Fsp3) is 0.333. The van der Waals surface area contributed by atoms with Crippen molar-refractivity contribution in [2.45, 2.75) is 19.4 Å². The van der Waals surface area contributed by atoms with Crippen LogP contribution in [0.5, 0.6) is 5.75 Å². The van der Waals surface area contributed by atoms with Crippen molar-refractivity contribution in [2.75, 3.05) is 13.7 Å². The summed E-state index contributed by atoms with van der Waals surface area (Å²) in [6.07, 6.45) is 4.29. The second kappa shape index (κ2) is 7.59. The van der Waals surface area contributed by atoms with Gasteiger partial charge in [-0.05, 0) is 31.2 Å². The third kappa shape index (κ3) is 3.84. The minimum atomic E-state index is -0.245. The molecule has 0 bridgehead atoms. The average molecular weight is 326 g/mol. The summed E-state index contributed by atoms with van der Waals surface area (Å²) in [6, 6.07) is 5.13. The van der Waals surface area contributed by atoms with Gasteiger partial charge in [0.05, 0.1) is 28.9 Å². The maximum Gasteiger partial charge on any atom is 0.142 e. The number of nitrogens with one attached hydrogen (secondary N) is 1. The van der Waals surface area contributed by atoms with Crippen molar-refractivity contribution < 1.29 is 4.74 Å². The molecule has 0 saturated carbocycles. The molecule has 0 aliphatic carbocycles. The average Bonchev–Trinajstić information content (AvgIpc) is 2.49. The highest BCUT2D eigenvalue weighted by Gasteiger charge is 2.22. The van der Waals surface area contributed by atoms with E-state index in [0.29, 0.717) is 21.5 Å². The number of methoxy groups -OCH3 is 1. The van der Waals surface area contributed by atoms with E-state index < -0.39 is 0 Å². The van der Waals surface area contributed by atoms with Crippen molar-refractivity contribution in [3.05, 3.63) is 52.0 Å². The summed E-state index contributed by atoms with van der Waals surface area (Å²) in [6.45, 7) is 2.90. The van der Waals surface area contributed by atoms with Gasteiger partial charge in [-0.1, -0.05) is 30.1 Å². The van der Waals surface area contributed by atoms with Crippen LogP contribution in [0, 0.1) is 0 Å². The monoisotopic (exact) mass is 325 g/mol. The van der Waals surface area contributed by atoms with Gasteiger partial charge in [-0.15, -0.1) is 0 Å². The molecule has 0 aromatic carbocycles. The summed E-state index contributed by atoms with van der Waals surface area (Å²) in [5.74, 6) is 0.693. The van der Waals surface area contributed by atoms with Crippen LogP contribution in [-0.2, 0) is 0 Å². The Morgan fingerprint density at radius 1 is 1.29 bits per heavy atom. The summed E-state index contributed by atoms with van der Waals surface area (Å²) in [7, 11) is 1.62. The molecule has 0 saturated heterocycles. The van der Waals surface area contributed by atoms with Crippen LogP contribution in [0.3, 0.4) is 0 Å². The zero-order valence-electron chi connectivity index (χ0n) is 11.9. The van der Waals surface area contributed by atoms with Crippen LogP contribution < -0.4 is 10.1 Å². The summed E-state index contributed by atoms with van der Waals surface area (Å²) >= 11 is 12.2. The third-order valence-electron chi connectivity index (χ3n) is 3.00. The topological polar surface area (TPSA) is 47.0 Å². The van der Waals surface area contributed by atoms with Crippen molar-refractivity contribution in [1.29, 1.82) is 0 Å². The predicted molar refractivity (Wildman–Crippen MR) is 85.2 cm³/mol. The van der Waals surface area contributed by atoms with Crippen molar-refractivity contribution in [2.24, 2.45) is 0 Å². The zero-order valence-corrected chi connectivity index (χ0v) is 13.4. The molecule has 0 amide bonds. The maximum atomic E-state index is 6.29. The van der Waals surface area contributed by atoms with E-state index in [1.165, 1.54) is 0 Å². The van der Waals surface area contributed by atoms with Crippen LogP contribution in [-0.4, -0.2) is 23.6 Å². The molecule has 2 aromatic rings. The quantitative estimate of drug-likeness (QED) is 0.875. The van der Waals surface area contributed by atoms with Crippen LogP contribution in [0.2, 0.25) is 10.0 Å². The van der Waals surface area contributed by atoms with Gasteiger partial charge in [-0.2, -0.15) is 0 Å². The number of nitrogens with zero attached hydrogens (tertiary/aromatic N) is 2. The lowest BCUT2D eigenvalue weighted by atomic mass is 10.1. The van der Waals surface area contributed by atoms with Gasteiger partial charge in [0.1, 0.15) is 11.4 Å². The molecule has 112 valence electrons. The summed E-state index contributed by atoms with van der Waals surface area (Å²) < 4.78 is 5.39. The van der Waals surface area contributed by atoms with Crippen LogP contribution in [0.25, 0.3) is 0 Å². The zero-order chi connectivity index (χ0) is 15.2. The molecule has 2 aromatic heterocycles. The number of hydrogen-bond acceptors (Lipinski definition) is 4. The van der Waals surface area contributed by atoms with Crippen molar-refractivity contribution in [3.63, 3.8) is 0 Å². The van der Waals surface area contributed by atoms with Crippen molar-refractivity contribution in [1.82, 2.24) is 15.3 Å². The van der Waals surface area contributed by atoms with E-state index in [0.717, 1.165) is 18.7 Å². The minimum Gasteiger partial charge on any atom is -0.495 e. The highest BCUT2D eigenvalue weighted by Crippen LogP contribution is 2.31. The highest BCUT2D eigenvalue weighted by molar-refractivity contribution is 6.34. The first-order chi connectivity index (χ1) is 10.2. The molecule has 4 nitrogen and oxygen atoms in total. The maximum absolute atomic E-state index is 6.29. The lowest BCUT2D eigenvalue weighted by Crippen LogP contribution is -2.25. The van der Waals surface area contributed by atoms with Gasteiger partial charge in [0.15, 0.2) is 0 Å². The number of pyridine rings is 2. The molecule has 1 unspecified atom stereocenters. The highest BCUT2D eigenvalue weighted by atomic mass is 35.5. The fourth-order valence-corrected chi connectivity index (χ4v) is 2.53. The van der Waals surface area contributed by atoms with Crippen molar-refractivity contribution in [3.8, 4) is 5.75 Å². The molecule has 0 spiro atoms.